The average molecular weight is 152 g/mol. The number of oxazole rings is 1. The first-order valence-electron chi connectivity index (χ1n) is 3.99. The summed E-state index contributed by atoms with van der Waals surface area (Å²) in [5.41, 5.74) is 1.01. The van der Waals surface area contributed by atoms with Gasteiger partial charge in [-0.15, -0.1) is 0 Å². The average Bonchev–Trinajstić information content (AvgIpc) is 2.75. The lowest BCUT2D eigenvalue weighted by atomic mass is 10.4. The van der Waals surface area contributed by atoms with E-state index in [0.29, 0.717) is 5.92 Å². The Labute approximate surface area is 65.8 Å². The van der Waals surface area contributed by atoms with Crippen LogP contribution in [-0.4, -0.2) is 12.0 Å². The Bertz CT molecular complexity index is 240. The minimum atomic E-state index is 0.626. The molecular weight excluding hydrogens is 140 g/mol. The van der Waals surface area contributed by atoms with Gasteiger partial charge in [0.15, 0.2) is 5.89 Å². The molecule has 1 aliphatic carbocycles. The Morgan fingerprint density at radius 1 is 1.73 bits per heavy atom. The molecule has 0 aliphatic heterocycles. The maximum Gasteiger partial charge on any atom is 0.197 e. The zero-order valence-corrected chi connectivity index (χ0v) is 6.63. The third kappa shape index (κ3) is 1.43. The summed E-state index contributed by atoms with van der Waals surface area (Å²) >= 11 is 0. The van der Waals surface area contributed by atoms with Crippen molar-refractivity contribution in [1.29, 1.82) is 0 Å². The lowest BCUT2D eigenvalue weighted by Crippen LogP contribution is -2.05. The molecule has 0 radical (unpaired) electrons. The van der Waals surface area contributed by atoms with E-state index < -0.39 is 0 Å². The minimum Gasteiger partial charge on any atom is -0.448 e. The predicted octanol–water partition coefficient (Wildman–Crippen LogP) is 1.27. The van der Waals surface area contributed by atoms with Gasteiger partial charge in [-0.25, -0.2) is 4.98 Å². The Morgan fingerprint density at radius 2 is 2.55 bits per heavy atom. The molecule has 3 nitrogen and oxygen atoms in total. The number of rotatable bonds is 3. The van der Waals surface area contributed by atoms with Gasteiger partial charge in [-0.2, -0.15) is 0 Å². The number of aromatic nitrogens is 1. The van der Waals surface area contributed by atoms with Crippen molar-refractivity contribution in [2.24, 2.45) is 0 Å². The number of hydrogen-bond acceptors (Lipinski definition) is 3. The van der Waals surface area contributed by atoms with Gasteiger partial charge < -0.3 is 9.73 Å². The molecule has 1 heterocycles. The smallest absolute Gasteiger partial charge is 0.197 e. The Balaban J connectivity index is 2.06. The molecule has 0 atom stereocenters. The van der Waals surface area contributed by atoms with E-state index in [1.54, 1.807) is 6.26 Å². The highest BCUT2D eigenvalue weighted by atomic mass is 16.3. The highest BCUT2D eigenvalue weighted by Crippen LogP contribution is 2.39. The molecule has 1 aromatic rings. The standard InChI is InChI=1S/C8H12N2O/c1-9-4-7-5-11-8(10-7)6-2-3-6/h5-6,9H,2-4H2,1H3. The topological polar surface area (TPSA) is 38.1 Å². The summed E-state index contributed by atoms with van der Waals surface area (Å²) in [5.74, 6) is 1.55. The normalized spacial score (nSPS) is 17.2. The molecule has 60 valence electrons. The van der Waals surface area contributed by atoms with Gasteiger partial charge in [0.1, 0.15) is 6.26 Å². The Hall–Kier alpha value is -0.830. The molecule has 1 N–H and O–H groups in total. The lowest BCUT2D eigenvalue weighted by molar-refractivity contribution is 0.496. The number of nitrogens with one attached hydrogen (secondary N) is 1. The summed E-state index contributed by atoms with van der Waals surface area (Å²) in [6.07, 6.45) is 4.24. The van der Waals surface area contributed by atoms with Crippen molar-refractivity contribution in [2.45, 2.75) is 25.3 Å². The molecule has 1 aromatic heterocycles. The highest BCUT2D eigenvalue weighted by molar-refractivity contribution is 5.05. The summed E-state index contributed by atoms with van der Waals surface area (Å²) < 4.78 is 5.29. The van der Waals surface area contributed by atoms with Crippen molar-refractivity contribution < 1.29 is 4.42 Å². The first-order valence-corrected chi connectivity index (χ1v) is 3.99. The van der Waals surface area contributed by atoms with Gasteiger partial charge >= 0.3 is 0 Å². The fourth-order valence-corrected chi connectivity index (χ4v) is 1.10. The van der Waals surface area contributed by atoms with E-state index in [9.17, 15) is 0 Å². The molecule has 0 bridgehead atoms. The summed E-state index contributed by atoms with van der Waals surface area (Å²) in [7, 11) is 1.91. The summed E-state index contributed by atoms with van der Waals surface area (Å²) in [4.78, 5) is 4.33. The highest BCUT2D eigenvalue weighted by Gasteiger charge is 2.28. The molecule has 1 saturated carbocycles. The second kappa shape index (κ2) is 2.66. The third-order valence-corrected chi connectivity index (χ3v) is 1.85. The summed E-state index contributed by atoms with van der Waals surface area (Å²) in [6.45, 7) is 0.802. The molecule has 11 heavy (non-hydrogen) atoms. The van der Waals surface area contributed by atoms with Crippen LogP contribution < -0.4 is 5.32 Å². The molecule has 1 aliphatic rings. The van der Waals surface area contributed by atoms with Crippen molar-refractivity contribution in [3.63, 3.8) is 0 Å². The quantitative estimate of drug-likeness (QED) is 0.708. The van der Waals surface area contributed by atoms with Crippen LogP contribution in [0.4, 0.5) is 0 Å². The van der Waals surface area contributed by atoms with Gasteiger partial charge in [-0.05, 0) is 19.9 Å². The molecule has 0 amide bonds. The Kier molecular flexibility index (Phi) is 1.66. The molecule has 3 heteroatoms. The van der Waals surface area contributed by atoms with E-state index >= 15 is 0 Å². The second-order valence-electron chi connectivity index (χ2n) is 2.98. The molecule has 0 unspecified atom stereocenters. The van der Waals surface area contributed by atoms with Crippen LogP contribution in [0.15, 0.2) is 10.7 Å². The van der Waals surface area contributed by atoms with Crippen molar-refractivity contribution in [3.05, 3.63) is 17.8 Å². The van der Waals surface area contributed by atoms with Crippen LogP contribution in [0, 0.1) is 0 Å². The van der Waals surface area contributed by atoms with Crippen molar-refractivity contribution in [1.82, 2.24) is 10.3 Å². The first-order chi connectivity index (χ1) is 5.40. The first kappa shape index (κ1) is 6.85. The molecular formula is C8H12N2O. The molecule has 0 saturated heterocycles. The van der Waals surface area contributed by atoms with E-state index in [-0.39, 0.29) is 0 Å². The van der Waals surface area contributed by atoms with Crippen molar-refractivity contribution >= 4 is 0 Å². The monoisotopic (exact) mass is 152 g/mol. The van der Waals surface area contributed by atoms with Gasteiger partial charge in [0.25, 0.3) is 0 Å². The SMILES string of the molecule is CNCc1coc(C2CC2)n1. The minimum absolute atomic E-state index is 0.626. The molecule has 2 rings (SSSR count). The number of hydrogen-bond donors (Lipinski definition) is 1. The fourth-order valence-electron chi connectivity index (χ4n) is 1.10. The van der Waals surface area contributed by atoms with Crippen LogP contribution in [0.25, 0.3) is 0 Å². The van der Waals surface area contributed by atoms with Crippen LogP contribution in [-0.2, 0) is 6.54 Å². The van der Waals surface area contributed by atoms with E-state index in [1.165, 1.54) is 12.8 Å². The fraction of sp³-hybridized carbons (Fsp3) is 0.625. The van der Waals surface area contributed by atoms with Crippen LogP contribution in [0.5, 0.6) is 0 Å². The van der Waals surface area contributed by atoms with Gasteiger partial charge in [0.05, 0.1) is 5.69 Å². The predicted molar refractivity (Wildman–Crippen MR) is 41.2 cm³/mol. The van der Waals surface area contributed by atoms with Crippen LogP contribution >= 0.6 is 0 Å². The summed E-state index contributed by atoms with van der Waals surface area (Å²) in [6, 6.07) is 0. The van der Waals surface area contributed by atoms with E-state index in [2.05, 4.69) is 10.3 Å². The van der Waals surface area contributed by atoms with E-state index in [4.69, 9.17) is 4.42 Å². The summed E-state index contributed by atoms with van der Waals surface area (Å²) in [5, 5.41) is 3.03. The number of nitrogens with zero attached hydrogens (tertiary/aromatic N) is 1. The maximum absolute atomic E-state index is 5.29. The lowest BCUT2D eigenvalue weighted by Gasteiger charge is -1.88. The molecule has 0 spiro atoms. The van der Waals surface area contributed by atoms with E-state index in [1.807, 2.05) is 7.05 Å². The van der Waals surface area contributed by atoms with Crippen LogP contribution in [0.2, 0.25) is 0 Å². The van der Waals surface area contributed by atoms with Crippen molar-refractivity contribution in [2.75, 3.05) is 7.05 Å². The van der Waals surface area contributed by atoms with Crippen molar-refractivity contribution in [3.8, 4) is 0 Å². The third-order valence-electron chi connectivity index (χ3n) is 1.85. The molecule has 1 fully saturated rings. The zero-order valence-electron chi connectivity index (χ0n) is 6.63. The zero-order chi connectivity index (χ0) is 7.68. The van der Waals surface area contributed by atoms with Gasteiger partial charge in [-0.3, -0.25) is 0 Å². The van der Waals surface area contributed by atoms with Gasteiger partial charge in [0, 0.05) is 12.5 Å². The largest absolute Gasteiger partial charge is 0.448 e. The van der Waals surface area contributed by atoms with Gasteiger partial charge in [0.2, 0.25) is 0 Å². The molecule has 0 aromatic carbocycles. The Morgan fingerprint density at radius 3 is 3.18 bits per heavy atom. The van der Waals surface area contributed by atoms with Gasteiger partial charge in [-0.1, -0.05) is 0 Å². The van der Waals surface area contributed by atoms with E-state index in [0.717, 1.165) is 18.1 Å². The maximum atomic E-state index is 5.29. The van der Waals surface area contributed by atoms with Crippen LogP contribution in [0.3, 0.4) is 0 Å². The second-order valence-corrected chi connectivity index (χ2v) is 2.98. The van der Waals surface area contributed by atoms with Crippen LogP contribution in [0.1, 0.15) is 30.3 Å².